The minimum atomic E-state index is -0.642. The molecule has 3 aliphatic rings. The summed E-state index contributed by atoms with van der Waals surface area (Å²) in [5, 5.41) is 0. The number of fused-ring (bicyclic) bond motifs is 5. The molecule has 0 aromatic rings. The molecule has 0 amide bonds. The van der Waals surface area contributed by atoms with E-state index in [1.165, 1.54) is 0 Å². The maximum Gasteiger partial charge on any atom is 0.315 e. The summed E-state index contributed by atoms with van der Waals surface area (Å²) in [5.74, 6) is -1.15. The van der Waals surface area contributed by atoms with Crippen LogP contribution in [0.5, 0.6) is 0 Å². The fourth-order valence-electron chi connectivity index (χ4n) is 1.44. The molecule has 14 heavy (non-hydrogen) atoms. The zero-order chi connectivity index (χ0) is 10.2. The van der Waals surface area contributed by atoms with Gasteiger partial charge in [-0.2, -0.15) is 0 Å². The van der Waals surface area contributed by atoms with E-state index >= 15 is 0 Å². The lowest BCUT2D eigenvalue weighted by Crippen LogP contribution is -2.31. The van der Waals surface area contributed by atoms with Crippen LogP contribution in [0.3, 0.4) is 0 Å². The lowest BCUT2D eigenvalue weighted by molar-refractivity contribution is -0.216. The van der Waals surface area contributed by atoms with E-state index in [4.69, 9.17) is 14.2 Å². The van der Waals surface area contributed by atoms with Crippen LogP contribution < -0.4 is 0 Å². The Balaban J connectivity index is 2.16. The molecule has 0 aliphatic carbocycles. The molecule has 1 fully saturated rings. The van der Waals surface area contributed by atoms with Crippen molar-refractivity contribution in [3.63, 3.8) is 0 Å². The third kappa shape index (κ3) is 1.96. The van der Waals surface area contributed by atoms with Gasteiger partial charge < -0.3 is 14.2 Å². The number of hydrogen-bond donors (Lipinski definition) is 0. The zero-order valence-corrected chi connectivity index (χ0v) is 8.36. The molecule has 3 aliphatic heterocycles. The number of rotatable bonds is 0. The highest BCUT2D eigenvalue weighted by Crippen LogP contribution is 2.22. The Labute approximate surface area is 82.8 Å². The second-order valence-electron chi connectivity index (χ2n) is 3.99. The summed E-state index contributed by atoms with van der Waals surface area (Å²) >= 11 is 0. The van der Waals surface area contributed by atoms with Crippen molar-refractivity contribution in [2.75, 3.05) is 13.2 Å². The second-order valence-corrected chi connectivity index (χ2v) is 3.99. The number of carbonyl (C=O) groups is 1. The van der Waals surface area contributed by atoms with Gasteiger partial charge in [-0.1, -0.05) is 6.08 Å². The SMILES string of the molecule is CC1(C)OCC2C=CC(CO1)C(=O)O2. The first kappa shape index (κ1) is 9.68. The molecule has 3 heterocycles. The maximum atomic E-state index is 11.4. The van der Waals surface area contributed by atoms with Gasteiger partial charge in [-0.05, 0) is 19.9 Å². The first-order chi connectivity index (χ1) is 6.57. The van der Waals surface area contributed by atoms with Crippen molar-refractivity contribution >= 4 is 5.97 Å². The maximum absolute atomic E-state index is 11.4. The van der Waals surface area contributed by atoms with Crippen LogP contribution >= 0.6 is 0 Å². The first-order valence-corrected chi connectivity index (χ1v) is 4.73. The van der Waals surface area contributed by atoms with Crippen LogP contribution in [-0.4, -0.2) is 31.1 Å². The van der Waals surface area contributed by atoms with Crippen molar-refractivity contribution in [1.29, 1.82) is 0 Å². The van der Waals surface area contributed by atoms with Crippen molar-refractivity contribution in [3.8, 4) is 0 Å². The molecule has 4 heteroatoms. The van der Waals surface area contributed by atoms with Crippen LogP contribution in [0.25, 0.3) is 0 Å². The molecule has 2 atom stereocenters. The second kappa shape index (κ2) is 3.37. The molecule has 0 radical (unpaired) electrons. The van der Waals surface area contributed by atoms with Gasteiger partial charge in [0.2, 0.25) is 0 Å². The average molecular weight is 198 g/mol. The fourth-order valence-corrected chi connectivity index (χ4v) is 1.44. The summed E-state index contributed by atoms with van der Waals surface area (Å²) in [5.41, 5.74) is 0. The molecular formula is C10H14O4. The minimum Gasteiger partial charge on any atom is -0.455 e. The van der Waals surface area contributed by atoms with Gasteiger partial charge in [-0.15, -0.1) is 0 Å². The van der Waals surface area contributed by atoms with Crippen molar-refractivity contribution < 1.29 is 19.0 Å². The summed E-state index contributed by atoms with van der Waals surface area (Å²) in [6.45, 7) is 4.33. The van der Waals surface area contributed by atoms with Crippen molar-refractivity contribution in [2.24, 2.45) is 5.92 Å². The van der Waals surface area contributed by atoms with E-state index in [-0.39, 0.29) is 18.0 Å². The van der Waals surface area contributed by atoms with Gasteiger partial charge in [0, 0.05) is 0 Å². The Morgan fingerprint density at radius 1 is 1.29 bits per heavy atom. The number of carbonyl (C=O) groups excluding carboxylic acids is 1. The summed E-state index contributed by atoms with van der Waals surface area (Å²) in [4.78, 5) is 11.4. The molecule has 2 bridgehead atoms. The summed E-state index contributed by atoms with van der Waals surface area (Å²) in [6, 6.07) is 0. The highest BCUT2D eigenvalue weighted by Gasteiger charge is 2.32. The normalized spacial score (nSPS) is 35.7. The highest BCUT2D eigenvalue weighted by atomic mass is 16.7. The van der Waals surface area contributed by atoms with Crippen molar-refractivity contribution in [1.82, 2.24) is 0 Å². The van der Waals surface area contributed by atoms with E-state index in [0.29, 0.717) is 13.2 Å². The Bertz CT molecular complexity index is 269. The molecule has 0 N–H and O–H groups in total. The lowest BCUT2D eigenvalue weighted by Gasteiger charge is -2.25. The van der Waals surface area contributed by atoms with E-state index in [1.807, 2.05) is 26.0 Å². The smallest absolute Gasteiger partial charge is 0.315 e. The zero-order valence-electron chi connectivity index (χ0n) is 8.36. The molecular weight excluding hydrogens is 184 g/mol. The Hall–Kier alpha value is -0.870. The van der Waals surface area contributed by atoms with Crippen LogP contribution in [-0.2, 0) is 19.0 Å². The van der Waals surface area contributed by atoms with Gasteiger partial charge in [0.1, 0.15) is 6.10 Å². The topological polar surface area (TPSA) is 44.8 Å². The summed E-state index contributed by atoms with van der Waals surface area (Å²) in [7, 11) is 0. The lowest BCUT2D eigenvalue weighted by atomic mass is 10.1. The predicted octanol–water partition coefficient (Wildman–Crippen LogP) is 0.867. The van der Waals surface area contributed by atoms with Crippen LogP contribution in [0.15, 0.2) is 12.2 Å². The Morgan fingerprint density at radius 2 is 2.00 bits per heavy atom. The summed E-state index contributed by atoms with van der Waals surface area (Å²) < 4.78 is 16.1. The highest BCUT2D eigenvalue weighted by molar-refractivity contribution is 5.76. The van der Waals surface area contributed by atoms with E-state index in [9.17, 15) is 4.79 Å². The Morgan fingerprint density at radius 3 is 2.71 bits per heavy atom. The van der Waals surface area contributed by atoms with Gasteiger partial charge in [-0.3, -0.25) is 4.79 Å². The largest absolute Gasteiger partial charge is 0.455 e. The number of ether oxygens (including phenoxy) is 3. The average Bonchev–Trinajstić information content (AvgIpc) is 2.21. The minimum absolute atomic E-state index is 0.223. The van der Waals surface area contributed by atoms with E-state index < -0.39 is 5.79 Å². The van der Waals surface area contributed by atoms with E-state index in [2.05, 4.69) is 0 Å². The van der Waals surface area contributed by atoms with Crippen LogP contribution in [0.1, 0.15) is 13.8 Å². The standard InChI is InChI=1S/C10H14O4/c1-10(2)12-5-7-3-4-8(6-13-10)14-9(7)11/h3-4,7-8H,5-6H2,1-2H3. The molecule has 1 saturated heterocycles. The third-order valence-electron chi connectivity index (χ3n) is 2.33. The monoisotopic (exact) mass is 198 g/mol. The van der Waals surface area contributed by atoms with Gasteiger partial charge in [0.15, 0.2) is 5.79 Å². The molecule has 0 saturated carbocycles. The first-order valence-electron chi connectivity index (χ1n) is 4.73. The van der Waals surface area contributed by atoms with Crippen molar-refractivity contribution in [2.45, 2.75) is 25.7 Å². The van der Waals surface area contributed by atoms with Crippen LogP contribution in [0, 0.1) is 5.92 Å². The number of esters is 1. The molecule has 0 spiro atoms. The van der Waals surface area contributed by atoms with Gasteiger partial charge >= 0.3 is 5.97 Å². The predicted molar refractivity (Wildman–Crippen MR) is 48.5 cm³/mol. The van der Waals surface area contributed by atoms with E-state index in [1.54, 1.807) is 0 Å². The molecule has 3 rings (SSSR count). The molecule has 0 aromatic heterocycles. The van der Waals surface area contributed by atoms with Crippen LogP contribution in [0.2, 0.25) is 0 Å². The quantitative estimate of drug-likeness (QED) is 0.428. The van der Waals surface area contributed by atoms with Gasteiger partial charge in [0.25, 0.3) is 0 Å². The van der Waals surface area contributed by atoms with E-state index in [0.717, 1.165) is 0 Å². The molecule has 0 aromatic carbocycles. The molecule has 4 nitrogen and oxygen atoms in total. The molecule has 2 unspecified atom stereocenters. The van der Waals surface area contributed by atoms with Gasteiger partial charge in [-0.25, -0.2) is 0 Å². The van der Waals surface area contributed by atoms with Crippen molar-refractivity contribution in [3.05, 3.63) is 12.2 Å². The summed E-state index contributed by atoms with van der Waals surface area (Å²) in [6.07, 6.45) is 3.43. The molecule has 78 valence electrons. The van der Waals surface area contributed by atoms with Crippen LogP contribution in [0.4, 0.5) is 0 Å². The number of hydrogen-bond acceptors (Lipinski definition) is 4. The van der Waals surface area contributed by atoms with Gasteiger partial charge in [0.05, 0.1) is 19.1 Å². The fraction of sp³-hybridized carbons (Fsp3) is 0.700. The third-order valence-corrected chi connectivity index (χ3v) is 2.33. The Kier molecular flexibility index (Phi) is 2.33.